The second-order valence-corrected chi connectivity index (χ2v) is 6.42. The molecule has 0 atom stereocenters. The Morgan fingerprint density at radius 2 is 1.91 bits per heavy atom. The van der Waals surface area contributed by atoms with Crippen LogP contribution >= 0.6 is 15.9 Å². The summed E-state index contributed by atoms with van der Waals surface area (Å²) in [6.07, 6.45) is 2.68. The van der Waals surface area contributed by atoms with Gasteiger partial charge in [0.05, 0.1) is 5.56 Å². The second-order valence-electron chi connectivity index (χ2n) is 5.50. The largest absolute Gasteiger partial charge is 0.370 e. The maximum Gasteiger partial charge on any atom is 0.257 e. The zero-order valence-corrected chi connectivity index (χ0v) is 14.4. The summed E-state index contributed by atoms with van der Waals surface area (Å²) in [5.41, 5.74) is 1.30. The molecule has 2 N–H and O–H groups in total. The summed E-state index contributed by atoms with van der Waals surface area (Å²) in [5.74, 6) is 1.29. The average molecular weight is 362 g/mol. The van der Waals surface area contributed by atoms with Crippen molar-refractivity contribution in [1.29, 1.82) is 0 Å². The van der Waals surface area contributed by atoms with Gasteiger partial charge < -0.3 is 10.6 Å². The zero-order valence-electron chi connectivity index (χ0n) is 12.8. The van der Waals surface area contributed by atoms with E-state index in [2.05, 4.69) is 45.4 Å². The van der Waals surface area contributed by atoms with E-state index in [1.165, 1.54) is 0 Å². The van der Waals surface area contributed by atoms with Crippen LogP contribution in [0.3, 0.4) is 0 Å². The first-order valence-electron chi connectivity index (χ1n) is 7.31. The number of nitrogens with one attached hydrogen (secondary N) is 2. The molecule has 0 bridgehead atoms. The topological polar surface area (TPSA) is 54.0 Å². The number of amides is 1. The van der Waals surface area contributed by atoms with Gasteiger partial charge in [-0.25, -0.2) is 4.98 Å². The van der Waals surface area contributed by atoms with Gasteiger partial charge >= 0.3 is 0 Å². The molecule has 4 nitrogen and oxygen atoms in total. The maximum absolute atomic E-state index is 12.1. The molecule has 0 aliphatic heterocycles. The Labute approximate surface area is 139 Å². The third-order valence-electron chi connectivity index (χ3n) is 3.16. The van der Waals surface area contributed by atoms with Crippen LogP contribution in [-0.4, -0.2) is 17.4 Å². The van der Waals surface area contributed by atoms with E-state index in [1.54, 1.807) is 12.3 Å². The number of benzene rings is 1. The molecule has 0 aliphatic carbocycles. The van der Waals surface area contributed by atoms with E-state index in [9.17, 15) is 4.79 Å². The Hall–Kier alpha value is -1.88. The molecule has 1 aromatic carbocycles. The van der Waals surface area contributed by atoms with Gasteiger partial charge in [0.2, 0.25) is 0 Å². The number of rotatable bonds is 6. The van der Waals surface area contributed by atoms with Crippen LogP contribution in [0.2, 0.25) is 0 Å². The van der Waals surface area contributed by atoms with Gasteiger partial charge in [0.1, 0.15) is 5.82 Å². The highest BCUT2D eigenvalue weighted by Crippen LogP contribution is 2.15. The molecular weight excluding hydrogens is 342 g/mol. The van der Waals surface area contributed by atoms with Gasteiger partial charge in [-0.1, -0.05) is 29.8 Å². The summed E-state index contributed by atoms with van der Waals surface area (Å²) in [6.45, 7) is 5.25. The molecule has 0 saturated heterocycles. The lowest BCUT2D eigenvalue weighted by Crippen LogP contribution is -2.12. The lowest BCUT2D eigenvalue weighted by molar-refractivity contribution is 0.102. The van der Waals surface area contributed by atoms with Gasteiger partial charge in [0, 0.05) is 22.9 Å². The van der Waals surface area contributed by atoms with Crippen LogP contribution in [0, 0.1) is 5.92 Å². The second kappa shape index (κ2) is 7.94. The molecule has 1 amide bonds. The minimum atomic E-state index is -0.163. The minimum Gasteiger partial charge on any atom is -0.370 e. The van der Waals surface area contributed by atoms with Gasteiger partial charge in [-0.05, 0) is 48.7 Å². The molecule has 2 aromatic rings. The number of aromatic nitrogens is 1. The monoisotopic (exact) mass is 361 g/mol. The summed E-state index contributed by atoms with van der Waals surface area (Å²) in [5, 5.41) is 6.09. The first kappa shape index (κ1) is 16.5. The number of nitrogens with zero attached hydrogens (tertiary/aromatic N) is 1. The highest BCUT2D eigenvalue weighted by molar-refractivity contribution is 9.10. The molecule has 0 aliphatic rings. The predicted molar refractivity (Wildman–Crippen MR) is 94.3 cm³/mol. The van der Waals surface area contributed by atoms with Crippen molar-refractivity contribution in [1.82, 2.24) is 4.98 Å². The van der Waals surface area contributed by atoms with Crippen LogP contribution in [0.25, 0.3) is 0 Å². The number of carbonyl (C=O) groups excluding carboxylic acids is 1. The Morgan fingerprint density at radius 1 is 1.18 bits per heavy atom. The van der Waals surface area contributed by atoms with E-state index in [-0.39, 0.29) is 5.91 Å². The van der Waals surface area contributed by atoms with E-state index in [4.69, 9.17) is 0 Å². The van der Waals surface area contributed by atoms with Crippen LogP contribution in [0.5, 0.6) is 0 Å². The van der Waals surface area contributed by atoms with Gasteiger partial charge in [-0.2, -0.15) is 0 Å². The molecule has 0 saturated carbocycles. The third-order valence-corrected chi connectivity index (χ3v) is 3.68. The van der Waals surface area contributed by atoms with Gasteiger partial charge in [0.15, 0.2) is 0 Å². The summed E-state index contributed by atoms with van der Waals surface area (Å²) >= 11 is 3.36. The number of carbonyl (C=O) groups is 1. The van der Waals surface area contributed by atoms with Crippen LogP contribution in [-0.2, 0) is 0 Å². The molecule has 22 heavy (non-hydrogen) atoms. The average Bonchev–Trinajstić information content (AvgIpc) is 2.50. The number of hydrogen-bond donors (Lipinski definition) is 2. The molecule has 1 heterocycles. The van der Waals surface area contributed by atoms with E-state index in [0.717, 1.165) is 28.9 Å². The minimum absolute atomic E-state index is 0.163. The van der Waals surface area contributed by atoms with E-state index in [0.29, 0.717) is 11.5 Å². The number of halogens is 1. The van der Waals surface area contributed by atoms with Crippen molar-refractivity contribution in [2.75, 3.05) is 17.2 Å². The zero-order chi connectivity index (χ0) is 15.9. The SMILES string of the molecule is CC(C)CCNc1ccc(C(=O)Nc2ccc(Br)cc2)cn1. The van der Waals surface area contributed by atoms with Crippen LogP contribution < -0.4 is 10.6 Å². The molecule has 5 heteroatoms. The first-order chi connectivity index (χ1) is 10.5. The maximum atomic E-state index is 12.1. The van der Waals surface area contributed by atoms with Crippen LogP contribution in [0.15, 0.2) is 47.1 Å². The van der Waals surface area contributed by atoms with Gasteiger partial charge in [0.25, 0.3) is 5.91 Å². The standard InChI is InChI=1S/C17H20BrN3O/c1-12(2)9-10-19-16-8-3-13(11-20-16)17(22)21-15-6-4-14(18)5-7-15/h3-8,11-12H,9-10H2,1-2H3,(H,19,20)(H,21,22). The predicted octanol–water partition coefficient (Wildman–Crippen LogP) is 4.55. The number of anilines is 2. The summed E-state index contributed by atoms with van der Waals surface area (Å²) < 4.78 is 0.976. The fourth-order valence-electron chi connectivity index (χ4n) is 1.86. The lowest BCUT2D eigenvalue weighted by atomic mass is 10.1. The highest BCUT2D eigenvalue weighted by Gasteiger charge is 2.06. The smallest absolute Gasteiger partial charge is 0.257 e. The normalized spacial score (nSPS) is 10.5. The fourth-order valence-corrected chi connectivity index (χ4v) is 2.12. The third kappa shape index (κ3) is 5.15. The van der Waals surface area contributed by atoms with Crippen molar-refractivity contribution < 1.29 is 4.79 Å². The Morgan fingerprint density at radius 3 is 2.50 bits per heavy atom. The number of hydrogen-bond acceptors (Lipinski definition) is 3. The molecule has 0 radical (unpaired) electrons. The van der Waals surface area contributed by atoms with E-state index in [1.807, 2.05) is 30.3 Å². The summed E-state index contributed by atoms with van der Waals surface area (Å²) in [6, 6.07) is 11.1. The Bertz CT molecular complexity index is 609. The molecule has 116 valence electrons. The highest BCUT2D eigenvalue weighted by atomic mass is 79.9. The molecular formula is C17H20BrN3O. The lowest BCUT2D eigenvalue weighted by Gasteiger charge is -2.08. The Balaban J connectivity index is 1.91. The van der Waals surface area contributed by atoms with Crippen LogP contribution in [0.1, 0.15) is 30.6 Å². The molecule has 0 unspecified atom stereocenters. The van der Waals surface area contributed by atoms with Crippen molar-refractivity contribution in [3.05, 3.63) is 52.6 Å². The van der Waals surface area contributed by atoms with Crippen LogP contribution in [0.4, 0.5) is 11.5 Å². The van der Waals surface area contributed by atoms with Crippen molar-refractivity contribution in [3.63, 3.8) is 0 Å². The van der Waals surface area contributed by atoms with Crippen molar-refractivity contribution in [2.24, 2.45) is 5.92 Å². The quantitative estimate of drug-likeness (QED) is 0.792. The van der Waals surface area contributed by atoms with Crippen molar-refractivity contribution in [3.8, 4) is 0 Å². The molecule has 2 rings (SSSR count). The fraction of sp³-hybridized carbons (Fsp3) is 0.294. The Kier molecular flexibility index (Phi) is 5.95. The molecule has 0 fully saturated rings. The molecule has 1 aromatic heterocycles. The first-order valence-corrected chi connectivity index (χ1v) is 8.11. The number of pyridine rings is 1. The summed E-state index contributed by atoms with van der Waals surface area (Å²) in [4.78, 5) is 16.4. The van der Waals surface area contributed by atoms with E-state index < -0.39 is 0 Å². The van der Waals surface area contributed by atoms with Crippen molar-refractivity contribution in [2.45, 2.75) is 20.3 Å². The molecule has 0 spiro atoms. The summed E-state index contributed by atoms with van der Waals surface area (Å²) in [7, 11) is 0. The van der Waals surface area contributed by atoms with Gasteiger partial charge in [-0.3, -0.25) is 4.79 Å². The van der Waals surface area contributed by atoms with Gasteiger partial charge in [-0.15, -0.1) is 0 Å². The van der Waals surface area contributed by atoms with Crippen molar-refractivity contribution >= 4 is 33.3 Å². The van der Waals surface area contributed by atoms with E-state index >= 15 is 0 Å².